The van der Waals surface area contributed by atoms with Gasteiger partial charge in [-0.05, 0) is 37.1 Å². The SMILES string of the molecule is CC(=O)SCC#Cc1c(C)cc(O)cc1C. The molecular formula is C13H14O2S. The fraction of sp³-hybridized carbons (Fsp3) is 0.308. The highest BCUT2D eigenvalue weighted by Gasteiger charge is 2.01. The molecule has 0 aromatic heterocycles. The number of phenolic OH excluding ortho intramolecular Hbond substituents is 1. The summed E-state index contributed by atoms with van der Waals surface area (Å²) in [4.78, 5) is 10.7. The van der Waals surface area contributed by atoms with Crippen LogP contribution in [0.5, 0.6) is 5.75 Å². The molecule has 1 aromatic rings. The molecule has 0 saturated carbocycles. The van der Waals surface area contributed by atoms with Crippen molar-refractivity contribution in [2.75, 3.05) is 5.75 Å². The van der Waals surface area contributed by atoms with Crippen molar-refractivity contribution in [1.82, 2.24) is 0 Å². The molecular weight excluding hydrogens is 220 g/mol. The summed E-state index contributed by atoms with van der Waals surface area (Å²) in [5.41, 5.74) is 2.85. The number of hydrogen-bond acceptors (Lipinski definition) is 3. The third-order valence-corrected chi connectivity index (χ3v) is 2.77. The van der Waals surface area contributed by atoms with Crippen molar-refractivity contribution in [3.8, 4) is 17.6 Å². The summed E-state index contributed by atoms with van der Waals surface area (Å²) >= 11 is 1.20. The maximum Gasteiger partial charge on any atom is 0.186 e. The minimum Gasteiger partial charge on any atom is -0.508 e. The van der Waals surface area contributed by atoms with Crippen LogP contribution in [-0.2, 0) is 4.79 Å². The van der Waals surface area contributed by atoms with Crippen molar-refractivity contribution < 1.29 is 9.90 Å². The number of aryl methyl sites for hydroxylation is 2. The second kappa shape index (κ2) is 5.62. The van der Waals surface area contributed by atoms with Gasteiger partial charge in [0.1, 0.15) is 5.75 Å². The quantitative estimate of drug-likeness (QED) is 0.759. The molecule has 0 aliphatic rings. The molecule has 16 heavy (non-hydrogen) atoms. The maximum atomic E-state index is 10.7. The van der Waals surface area contributed by atoms with Crippen molar-refractivity contribution in [3.05, 3.63) is 28.8 Å². The van der Waals surface area contributed by atoms with E-state index in [1.807, 2.05) is 13.8 Å². The Kier molecular flexibility index (Phi) is 4.45. The van der Waals surface area contributed by atoms with Crippen LogP contribution in [0.3, 0.4) is 0 Å². The highest BCUT2D eigenvalue weighted by molar-refractivity contribution is 8.13. The zero-order chi connectivity index (χ0) is 12.1. The van der Waals surface area contributed by atoms with Gasteiger partial charge in [-0.1, -0.05) is 23.6 Å². The topological polar surface area (TPSA) is 37.3 Å². The zero-order valence-corrected chi connectivity index (χ0v) is 10.4. The van der Waals surface area contributed by atoms with E-state index in [1.165, 1.54) is 18.7 Å². The number of phenols is 1. The zero-order valence-electron chi connectivity index (χ0n) is 9.63. The molecule has 0 unspecified atom stereocenters. The van der Waals surface area contributed by atoms with Gasteiger partial charge in [0.05, 0.1) is 5.75 Å². The molecule has 2 nitrogen and oxygen atoms in total. The summed E-state index contributed by atoms with van der Waals surface area (Å²) in [5.74, 6) is 6.75. The summed E-state index contributed by atoms with van der Waals surface area (Å²) in [6.45, 7) is 5.35. The van der Waals surface area contributed by atoms with Crippen molar-refractivity contribution >= 4 is 16.9 Å². The molecule has 0 radical (unpaired) electrons. The Labute approximate surface area is 100 Å². The van der Waals surface area contributed by atoms with Crippen LogP contribution in [-0.4, -0.2) is 16.0 Å². The first kappa shape index (κ1) is 12.7. The molecule has 1 N–H and O–H groups in total. The lowest BCUT2D eigenvalue weighted by Gasteiger charge is -2.03. The normalized spacial score (nSPS) is 9.44. The number of benzene rings is 1. The molecule has 3 heteroatoms. The van der Waals surface area contributed by atoms with Crippen molar-refractivity contribution in [1.29, 1.82) is 0 Å². The molecule has 0 spiro atoms. The fourth-order valence-corrected chi connectivity index (χ4v) is 1.75. The van der Waals surface area contributed by atoms with Crippen LogP contribution in [0.25, 0.3) is 0 Å². The Morgan fingerprint density at radius 3 is 2.44 bits per heavy atom. The van der Waals surface area contributed by atoms with Gasteiger partial charge in [0, 0.05) is 12.5 Å². The van der Waals surface area contributed by atoms with Gasteiger partial charge in [-0.25, -0.2) is 0 Å². The smallest absolute Gasteiger partial charge is 0.186 e. The average molecular weight is 234 g/mol. The van der Waals surface area contributed by atoms with Gasteiger partial charge in [-0.3, -0.25) is 4.79 Å². The number of aromatic hydroxyl groups is 1. The van der Waals surface area contributed by atoms with Crippen LogP contribution >= 0.6 is 11.8 Å². The fourth-order valence-electron chi connectivity index (χ4n) is 1.40. The Morgan fingerprint density at radius 1 is 1.38 bits per heavy atom. The minimum atomic E-state index is 0.0773. The van der Waals surface area contributed by atoms with E-state index in [4.69, 9.17) is 0 Å². The lowest BCUT2D eigenvalue weighted by atomic mass is 10.0. The molecule has 1 rings (SSSR count). The summed E-state index contributed by atoms with van der Waals surface area (Å²) in [7, 11) is 0. The van der Waals surface area contributed by atoms with Crippen molar-refractivity contribution in [2.24, 2.45) is 0 Å². The summed E-state index contributed by atoms with van der Waals surface area (Å²) < 4.78 is 0. The molecule has 0 aliphatic carbocycles. The van der Waals surface area contributed by atoms with Crippen LogP contribution in [0.4, 0.5) is 0 Å². The van der Waals surface area contributed by atoms with E-state index in [-0.39, 0.29) is 10.9 Å². The standard InChI is InChI=1S/C13H14O2S/c1-9-7-12(15)8-10(2)13(9)5-4-6-16-11(3)14/h7-8,15H,6H2,1-3H3. The maximum absolute atomic E-state index is 10.7. The highest BCUT2D eigenvalue weighted by Crippen LogP contribution is 2.19. The van der Waals surface area contributed by atoms with Crippen molar-refractivity contribution in [3.63, 3.8) is 0 Å². The first-order valence-corrected chi connectivity index (χ1v) is 5.91. The number of thioether (sulfide) groups is 1. The molecule has 0 bridgehead atoms. The van der Waals surface area contributed by atoms with E-state index in [0.717, 1.165) is 16.7 Å². The largest absolute Gasteiger partial charge is 0.508 e. The van der Waals surface area contributed by atoms with Crippen molar-refractivity contribution in [2.45, 2.75) is 20.8 Å². The van der Waals surface area contributed by atoms with Crippen LogP contribution in [0.2, 0.25) is 0 Å². The number of rotatable bonds is 1. The van der Waals surface area contributed by atoms with Gasteiger partial charge in [-0.2, -0.15) is 0 Å². The van der Waals surface area contributed by atoms with E-state index in [9.17, 15) is 9.90 Å². The third-order valence-electron chi connectivity index (χ3n) is 2.08. The summed E-state index contributed by atoms with van der Waals surface area (Å²) in [6, 6.07) is 3.38. The van der Waals surface area contributed by atoms with Gasteiger partial charge in [0.25, 0.3) is 0 Å². The van der Waals surface area contributed by atoms with Crippen LogP contribution in [0.1, 0.15) is 23.6 Å². The summed E-state index contributed by atoms with van der Waals surface area (Å²) in [6.07, 6.45) is 0. The second-order valence-electron chi connectivity index (χ2n) is 3.54. The number of carbonyl (C=O) groups excluding carboxylic acids is 1. The lowest BCUT2D eigenvalue weighted by Crippen LogP contribution is -1.88. The molecule has 0 saturated heterocycles. The molecule has 1 aromatic carbocycles. The monoisotopic (exact) mass is 234 g/mol. The van der Waals surface area contributed by atoms with Crippen LogP contribution in [0, 0.1) is 25.7 Å². The first-order valence-electron chi connectivity index (χ1n) is 4.93. The highest BCUT2D eigenvalue weighted by atomic mass is 32.2. The first-order chi connectivity index (χ1) is 7.50. The van der Waals surface area contributed by atoms with Crippen LogP contribution in [0.15, 0.2) is 12.1 Å². The third kappa shape index (κ3) is 3.63. The molecule has 84 valence electrons. The minimum absolute atomic E-state index is 0.0773. The molecule has 0 heterocycles. The Hall–Kier alpha value is -1.40. The van der Waals surface area contributed by atoms with E-state index >= 15 is 0 Å². The Morgan fingerprint density at radius 2 is 1.94 bits per heavy atom. The number of hydrogen-bond donors (Lipinski definition) is 1. The molecule has 0 fully saturated rings. The number of carbonyl (C=O) groups is 1. The van der Waals surface area contributed by atoms with Gasteiger partial charge in [0.15, 0.2) is 5.12 Å². The van der Waals surface area contributed by atoms with Gasteiger partial charge < -0.3 is 5.11 Å². The average Bonchev–Trinajstić information content (AvgIpc) is 2.14. The lowest BCUT2D eigenvalue weighted by molar-refractivity contribution is -0.109. The predicted molar refractivity (Wildman–Crippen MR) is 67.6 cm³/mol. The molecule has 0 aliphatic heterocycles. The van der Waals surface area contributed by atoms with E-state index in [1.54, 1.807) is 12.1 Å². The second-order valence-corrected chi connectivity index (χ2v) is 4.69. The van der Waals surface area contributed by atoms with E-state index < -0.39 is 0 Å². The predicted octanol–water partition coefficient (Wildman–Crippen LogP) is 2.64. The van der Waals surface area contributed by atoms with Gasteiger partial charge >= 0.3 is 0 Å². The summed E-state index contributed by atoms with van der Waals surface area (Å²) in [5, 5.41) is 9.44. The van der Waals surface area contributed by atoms with Gasteiger partial charge in [0.2, 0.25) is 0 Å². The van der Waals surface area contributed by atoms with E-state index in [0.29, 0.717) is 5.75 Å². The molecule has 0 atom stereocenters. The van der Waals surface area contributed by atoms with Crippen LogP contribution < -0.4 is 0 Å². The van der Waals surface area contributed by atoms with E-state index in [2.05, 4.69) is 11.8 Å². The van der Waals surface area contributed by atoms with Gasteiger partial charge in [-0.15, -0.1) is 0 Å². The Bertz CT molecular complexity index is 444. The Balaban J connectivity index is 2.84. The molecule has 0 amide bonds.